The van der Waals surface area contributed by atoms with E-state index in [1.54, 1.807) is 18.2 Å². The van der Waals surface area contributed by atoms with E-state index in [0.29, 0.717) is 11.4 Å². The molecule has 0 aliphatic heterocycles. The first kappa shape index (κ1) is 13.9. The van der Waals surface area contributed by atoms with Crippen molar-refractivity contribution in [2.75, 3.05) is 17.1 Å². The molecule has 0 atom stereocenters. The van der Waals surface area contributed by atoms with Crippen LogP contribution in [0.5, 0.6) is 0 Å². The van der Waals surface area contributed by atoms with Gasteiger partial charge in [-0.3, -0.25) is 10.0 Å². The summed E-state index contributed by atoms with van der Waals surface area (Å²) in [5.74, 6) is 0. The molecule has 106 valence electrons. The Morgan fingerprint density at radius 2 is 2.10 bits per heavy atom. The van der Waals surface area contributed by atoms with Crippen LogP contribution in [0.3, 0.4) is 0 Å². The number of anilines is 2. The number of amides is 1. The van der Waals surface area contributed by atoms with Gasteiger partial charge in [-0.2, -0.15) is 8.42 Å². The van der Waals surface area contributed by atoms with Gasteiger partial charge in [0.2, 0.25) is 0 Å². The highest BCUT2D eigenvalue weighted by Gasteiger charge is 2.15. The average molecular weight is 296 g/mol. The second kappa shape index (κ2) is 5.61. The average Bonchev–Trinajstić information content (AvgIpc) is 2.93. The summed E-state index contributed by atoms with van der Waals surface area (Å²) in [5.41, 5.74) is 0.704. The first-order valence-electron chi connectivity index (χ1n) is 5.47. The normalized spacial score (nSPS) is 10.8. The number of aromatic nitrogens is 2. The molecule has 0 saturated heterocycles. The Morgan fingerprint density at radius 3 is 2.75 bits per heavy atom. The molecule has 1 amide bonds. The molecule has 2 aromatic rings. The molecule has 1 heterocycles. The molecule has 3 N–H and O–H groups in total. The minimum Gasteiger partial charge on any atom is -0.453 e. The van der Waals surface area contributed by atoms with Crippen molar-refractivity contribution in [3.8, 4) is 0 Å². The maximum absolute atomic E-state index is 12.0. The standard InChI is InChI=1S/C11H12N4O4S/c1-19-11(16)14-8-3-2-4-9(5-8)15-20(17,18)10-6-12-7-13-10/h2-7,15H,1H3,(H,12,13)(H,14,16). The number of ether oxygens (including phenoxy) is 1. The van der Waals surface area contributed by atoms with E-state index >= 15 is 0 Å². The van der Waals surface area contributed by atoms with Crippen LogP contribution in [0, 0.1) is 0 Å². The predicted octanol–water partition coefficient (Wildman–Crippen LogP) is 1.39. The van der Waals surface area contributed by atoms with E-state index in [1.807, 2.05) is 0 Å². The second-order valence-corrected chi connectivity index (χ2v) is 5.37. The largest absolute Gasteiger partial charge is 0.453 e. The van der Waals surface area contributed by atoms with E-state index in [0.717, 1.165) is 0 Å². The minimum atomic E-state index is -3.73. The molecule has 1 aromatic carbocycles. The molecule has 0 saturated carbocycles. The summed E-state index contributed by atoms with van der Waals surface area (Å²) in [4.78, 5) is 17.2. The van der Waals surface area contributed by atoms with Gasteiger partial charge in [-0.15, -0.1) is 0 Å². The monoisotopic (exact) mass is 296 g/mol. The Hall–Kier alpha value is -2.55. The number of methoxy groups -OCH3 is 1. The fourth-order valence-electron chi connectivity index (χ4n) is 1.43. The molecule has 0 radical (unpaired) electrons. The quantitative estimate of drug-likeness (QED) is 0.789. The van der Waals surface area contributed by atoms with E-state index in [9.17, 15) is 13.2 Å². The minimum absolute atomic E-state index is 0.0520. The maximum Gasteiger partial charge on any atom is 0.411 e. The van der Waals surface area contributed by atoms with Crippen molar-refractivity contribution >= 4 is 27.5 Å². The molecule has 2 rings (SSSR count). The van der Waals surface area contributed by atoms with Gasteiger partial charge in [-0.1, -0.05) is 6.07 Å². The van der Waals surface area contributed by atoms with Gasteiger partial charge in [0.05, 0.1) is 25.3 Å². The molecule has 1 aromatic heterocycles. The number of H-pyrrole nitrogens is 1. The van der Waals surface area contributed by atoms with Crippen molar-refractivity contribution in [1.29, 1.82) is 0 Å². The number of nitrogens with zero attached hydrogens (tertiary/aromatic N) is 1. The van der Waals surface area contributed by atoms with Crippen LogP contribution >= 0.6 is 0 Å². The molecular weight excluding hydrogens is 284 g/mol. The van der Waals surface area contributed by atoms with Crippen LogP contribution in [0.15, 0.2) is 41.8 Å². The molecule has 0 aliphatic carbocycles. The lowest BCUT2D eigenvalue weighted by atomic mass is 10.3. The van der Waals surface area contributed by atoms with Crippen molar-refractivity contribution in [3.05, 3.63) is 36.8 Å². The zero-order valence-corrected chi connectivity index (χ0v) is 11.3. The molecule has 8 nitrogen and oxygen atoms in total. The molecule has 0 aliphatic rings. The number of nitrogens with one attached hydrogen (secondary N) is 3. The molecular formula is C11H12N4O4S. The number of carbonyl (C=O) groups excluding carboxylic acids is 1. The number of hydrogen-bond acceptors (Lipinski definition) is 5. The van der Waals surface area contributed by atoms with E-state index in [4.69, 9.17) is 0 Å². The van der Waals surface area contributed by atoms with E-state index in [-0.39, 0.29) is 5.03 Å². The fourth-order valence-corrected chi connectivity index (χ4v) is 2.38. The van der Waals surface area contributed by atoms with Crippen molar-refractivity contribution in [3.63, 3.8) is 0 Å². The topological polar surface area (TPSA) is 113 Å². The Labute approximate surface area is 115 Å². The van der Waals surface area contributed by atoms with Crippen molar-refractivity contribution in [2.45, 2.75) is 5.03 Å². The molecule has 0 spiro atoms. The number of imidazole rings is 1. The number of sulfonamides is 1. The molecule has 0 unspecified atom stereocenters. The first-order chi connectivity index (χ1) is 9.51. The van der Waals surface area contributed by atoms with Gasteiger partial charge in [0.15, 0.2) is 5.03 Å². The fraction of sp³-hybridized carbons (Fsp3) is 0.0909. The Balaban J connectivity index is 2.18. The molecule has 9 heteroatoms. The Kier molecular flexibility index (Phi) is 3.89. The first-order valence-corrected chi connectivity index (χ1v) is 6.96. The van der Waals surface area contributed by atoms with Crippen LogP contribution in [-0.4, -0.2) is 31.6 Å². The zero-order chi connectivity index (χ0) is 14.6. The SMILES string of the molecule is COC(=O)Nc1cccc(NS(=O)(=O)c2cnc[nH]2)c1. The number of benzene rings is 1. The van der Waals surface area contributed by atoms with Crippen molar-refractivity contribution in [1.82, 2.24) is 9.97 Å². The highest BCUT2D eigenvalue weighted by atomic mass is 32.2. The van der Waals surface area contributed by atoms with Crippen LogP contribution in [0.4, 0.5) is 16.2 Å². The summed E-state index contributed by atoms with van der Waals surface area (Å²) in [5, 5.41) is 2.38. The summed E-state index contributed by atoms with van der Waals surface area (Å²) in [6.07, 6.45) is 1.82. The van der Waals surface area contributed by atoms with E-state index < -0.39 is 16.1 Å². The lowest BCUT2D eigenvalue weighted by Crippen LogP contribution is -2.14. The Bertz CT molecular complexity index is 697. The third kappa shape index (κ3) is 3.26. The predicted molar refractivity (Wildman–Crippen MR) is 71.9 cm³/mol. The maximum atomic E-state index is 12.0. The lowest BCUT2D eigenvalue weighted by molar-refractivity contribution is 0.187. The summed E-state index contributed by atoms with van der Waals surface area (Å²) in [6, 6.07) is 6.21. The van der Waals surface area contributed by atoms with Gasteiger partial charge in [0.25, 0.3) is 10.0 Å². The van der Waals surface area contributed by atoms with Crippen LogP contribution < -0.4 is 10.0 Å². The summed E-state index contributed by atoms with van der Waals surface area (Å²) in [7, 11) is -2.50. The molecule has 0 bridgehead atoms. The lowest BCUT2D eigenvalue weighted by Gasteiger charge is -2.08. The molecule has 0 fully saturated rings. The number of hydrogen-bond donors (Lipinski definition) is 3. The van der Waals surface area contributed by atoms with Gasteiger partial charge in [-0.25, -0.2) is 9.78 Å². The van der Waals surface area contributed by atoms with Crippen LogP contribution in [-0.2, 0) is 14.8 Å². The van der Waals surface area contributed by atoms with E-state index in [2.05, 4.69) is 24.7 Å². The summed E-state index contributed by atoms with van der Waals surface area (Å²) < 4.78 is 30.7. The van der Waals surface area contributed by atoms with Crippen LogP contribution in [0.1, 0.15) is 0 Å². The third-order valence-electron chi connectivity index (χ3n) is 2.31. The zero-order valence-electron chi connectivity index (χ0n) is 10.5. The highest BCUT2D eigenvalue weighted by molar-refractivity contribution is 7.92. The smallest absolute Gasteiger partial charge is 0.411 e. The Morgan fingerprint density at radius 1 is 1.35 bits per heavy atom. The second-order valence-electron chi connectivity index (χ2n) is 3.72. The van der Waals surface area contributed by atoms with Gasteiger partial charge in [-0.05, 0) is 18.2 Å². The van der Waals surface area contributed by atoms with E-state index in [1.165, 1.54) is 25.7 Å². The van der Waals surface area contributed by atoms with Crippen LogP contribution in [0.2, 0.25) is 0 Å². The van der Waals surface area contributed by atoms with Crippen molar-refractivity contribution < 1.29 is 17.9 Å². The molecule has 20 heavy (non-hydrogen) atoms. The van der Waals surface area contributed by atoms with Crippen molar-refractivity contribution in [2.24, 2.45) is 0 Å². The number of carbonyl (C=O) groups is 1. The summed E-state index contributed by atoms with van der Waals surface area (Å²) >= 11 is 0. The van der Waals surface area contributed by atoms with Gasteiger partial charge in [0.1, 0.15) is 0 Å². The van der Waals surface area contributed by atoms with Gasteiger partial charge >= 0.3 is 6.09 Å². The third-order valence-corrected chi connectivity index (χ3v) is 3.62. The highest BCUT2D eigenvalue weighted by Crippen LogP contribution is 2.18. The van der Waals surface area contributed by atoms with Gasteiger partial charge in [0, 0.05) is 5.69 Å². The summed E-state index contributed by atoms with van der Waals surface area (Å²) in [6.45, 7) is 0. The van der Waals surface area contributed by atoms with Crippen LogP contribution in [0.25, 0.3) is 0 Å². The van der Waals surface area contributed by atoms with Gasteiger partial charge < -0.3 is 9.72 Å². The number of rotatable bonds is 4. The number of aromatic amines is 1.